The number of aliphatic hydroxyl groups is 1. The molecule has 0 saturated heterocycles. The number of aromatic amines is 1. The second-order valence-corrected chi connectivity index (χ2v) is 3.87. The Hall–Kier alpha value is -1.52. The number of aromatic nitrogens is 1. The van der Waals surface area contributed by atoms with Crippen LogP contribution in [0.1, 0.15) is 5.56 Å². The zero-order valence-corrected chi connectivity index (χ0v) is 9.23. The first-order valence-electron chi connectivity index (χ1n) is 5.25. The number of hydrogen-bond acceptors (Lipinski definition) is 3. The van der Waals surface area contributed by atoms with Crippen LogP contribution in [0, 0.1) is 0 Å². The fraction of sp³-hybridized carbons (Fsp3) is 0.333. The Morgan fingerprint density at radius 3 is 3.00 bits per heavy atom. The zero-order chi connectivity index (χ0) is 11.5. The van der Waals surface area contributed by atoms with Gasteiger partial charge >= 0.3 is 0 Å². The number of hydrogen-bond donors (Lipinski definition) is 3. The first-order chi connectivity index (χ1) is 7.74. The number of benzene rings is 1. The number of fused-ring (bicyclic) bond motifs is 1. The van der Waals surface area contributed by atoms with Crippen molar-refractivity contribution in [3.63, 3.8) is 0 Å². The molecular weight excluding hydrogens is 204 g/mol. The van der Waals surface area contributed by atoms with Gasteiger partial charge in [-0.25, -0.2) is 0 Å². The van der Waals surface area contributed by atoms with Crippen molar-refractivity contribution in [2.24, 2.45) is 5.73 Å². The third-order valence-electron chi connectivity index (χ3n) is 2.69. The smallest absolute Gasteiger partial charge is 0.119 e. The molecule has 2 rings (SSSR count). The molecule has 0 aliphatic rings. The number of rotatable bonds is 4. The minimum Gasteiger partial charge on any atom is -0.497 e. The molecule has 0 saturated carbocycles. The minimum atomic E-state index is -0.217. The number of H-pyrrole nitrogens is 1. The summed E-state index contributed by atoms with van der Waals surface area (Å²) in [7, 11) is 1.65. The van der Waals surface area contributed by atoms with Crippen LogP contribution in [-0.2, 0) is 6.42 Å². The van der Waals surface area contributed by atoms with Crippen LogP contribution in [0.15, 0.2) is 24.4 Å². The van der Waals surface area contributed by atoms with E-state index in [0.29, 0.717) is 6.42 Å². The molecule has 4 nitrogen and oxygen atoms in total. The molecule has 0 aliphatic heterocycles. The lowest BCUT2D eigenvalue weighted by Gasteiger charge is -2.07. The highest BCUT2D eigenvalue weighted by molar-refractivity contribution is 5.84. The van der Waals surface area contributed by atoms with Gasteiger partial charge in [-0.3, -0.25) is 0 Å². The molecule has 0 spiro atoms. The van der Waals surface area contributed by atoms with Gasteiger partial charge in [0.2, 0.25) is 0 Å². The van der Waals surface area contributed by atoms with Crippen LogP contribution in [-0.4, -0.2) is 29.8 Å². The summed E-state index contributed by atoms with van der Waals surface area (Å²) in [6.07, 6.45) is 2.59. The molecule has 1 unspecified atom stereocenters. The van der Waals surface area contributed by atoms with E-state index in [0.717, 1.165) is 22.2 Å². The maximum atomic E-state index is 8.95. The Bertz CT molecular complexity index is 479. The Balaban J connectivity index is 2.38. The van der Waals surface area contributed by atoms with E-state index < -0.39 is 0 Å². The van der Waals surface area contributed by atoms with Gasteiger partial charge in [-0.15, -0.1) is 0 Å². The molecule has 0 bridgehead atoms. The second-order valence-electron chi connectivity index (χ2n) is 3.87. The standard InChI is InChI=1S/C12H16N2O2/c1-16-10-2-3-12-11(5-10)8(6-14-12)4-9(13)7-15/h2-3,5-6,9,14-15H,4,7,13H2,1H3. The maximum absolute atomic E-state index is 8.95. The van der Waals surface area contributed by atoms with Crippen molar-refractivity contribution in [1.29, 1.82) is 0 Å². The van der Waals surface area contributed by atoms with E-state index in [2.05, 4.69) is 4.98 Å². The number of nitrogens with two attached hydrogens (primary N) is 1. The average Bonchev–Trinajstić information content (AvgIpc) is 2.71. The topological polar surface area (TPSA) is 71.3 Å². The van der Waals surface area contributed by atoms with Gasteiger partial charge < -0.3 is 20.6 Å². The lowest BCUT2D eigenvalue weighted by atomic mass is 10.1. The van der Waals surface area contributed by atoms with Crippen LogP contribution in [0.2, 0.25) is 0 Å². The van der Waals surface area contributed by atoms with Gasteiger partial charge in [0.25, 0.3) is 0 Å². The van der Waals surface area contributed by atoms with E-state index in [1.54, 1.807) is 7.11 Å². The molecule has 86 valence electrons. The molecule has 1 aromatic heterocycles. The normalized spacial score (nSPS) is 12.9. The van der Waals surface area contributed by atoms with Crippen molar-refractivity contribution >= 4 is 10.9 Å². The molecule has 0 amide bonds. The summed E-state index contributed by atoms with van der Waals surface area (Å²) in [4.78, 5) is 3.18. The summed E-state index contributed by atoms with van der Waals surface area (Å²) in [6.45, 7) is -0.00333. The van der Waals surface area contributed by atoms with Crippen molar-refractivity contribution in [1.82, 2.24) is 4.98 Å². The van der Waals surface area contributed by atoms with Gasteiger partial charge in [0.05, 0.1) is 13.7 Å². The summed E-state index contributed by atoms with van der Waals surface area (Å²) in [5, 5.41) is 10.0. The maximum Gasteiger partial charge on any atom is 0.119 e. The van der Waals surface area contributed by atoms with Crippen LogP contribution in [0.4, 0.5) is 0 Å². The predicted molar refractivity (Wildman–Crippen MR) is 63.6 cm³/mol. The molecule has 1 atom stereocenters. The van der Waals surface area contributed by atoms with Crippen LogP contribution in [0.25, 0.3) is 10.9 Å². The van der Waals surface area contributed by atoms with Gasteiger partial charge in [-0.2, -0.15) is 0 Å². The van der Waals surface area contributed by atoms with Crippen molar-refractivity contribution in [3.8, 4) is 5.75 Å². The molecular formula is C12H16N2O2. The SMILES string of the molecule is COc1ccc2[nH]cc(CC(N)CO)c2c1. The van der Waals surface area contributed by atoms with E-state index in [9.17, 15) is 0 Å². The first kappa shape index (κ1) is 11.0. The summed E-state index contributed by atoms with van der Waals surface area (Å²) in [5.41, 5.74) is 7.89. The van der Waals surface area contributed by atoms with E-state index in [1.807, 2.05) is 24.4 Å². The highest BCUT2D eigenvalue weighted by atomic mass is 16.5. The highest BCUT2D eigenvalue weighted by Gasteiger charge is 2.08. The Morgan fingerprint density at radius 2 is 2.31 bits per heavy atom. The summed E-state index contributed by atoms with van der Waals surface area (Å²) in [5.74, 6) is 0.825. The monoisotopic (exact) mass is 220 g/mol. The van der Waals surface area contributed by atoms with E-state index in [-0.39, 0.29) is 12.6 Å². The molecule has 1 heterocycles. The highest BCUT2D eigenvalue weighted by Crippen LogP contribution is 2.24. The van der Waals surface area contributed by atoms with E-state index in [1.165, 1.54) is 0 Å². The first-order valence-corrected chi connectivity index (χ1v) is 5.25. The minimum absolute atomic E-state index is 0.00333. The van der Waals surface area contributed by atoms with Crippen molar-refractivity contribution < 1.29 is 9.84 Å². The lowest BCUT2D eigenvalue weighted by molar-refractivity contribution is 0.265. The number of nitrogens with one attached hydrogen (secondary N) is 1. The zero-order valence-electron chi connectivity index (χ0n) is 9.23. The van der Waals surface area contributed by atoms with Gasteiger partial charge in [0.15, 0.2) is 0 Å². The van der Waals surface area contributed by atoms with Crippen LogP contribution < -0.4 is 10.5 Å². The average molecular weight is 220 g/mol. The fourth-order valence-electron chi connectivity index (χ4n) is 1.80. The van der Waals surface area contributed by atoms with Crippen molar-refractivity contribution in [2.75, 3.05) is 13.7 Å². The second kappa shape index (κ2) is 4.55. The van der Waals surface area contributed by atoms with Crippen molar-refractivity contribution in [3.05, 3.63) is 30.0 Å². The Labute approximate surface area is 94.0 Å². The quantitative estimate of drug-likeness (QED) is 0.721. The molecule has 1 aromatic carbocycles. The molecule has 4 N–H and O–H groups in total. The van der Waals surface area contributed by atoms with Gasteiger partial charge in [-0.05, 0) is 30.2 Å². The van der Waals surface area contributed by atoms with Crippen LogP contribution in [0.5, 0.6) is 5.75 Å². The van der Waals surface area contributed by atoms with Gasteiger partial charge in [0.1, 0.15) is 5.75 Å². The fourth-order valence-corrected chi connectivity index (χ4v) is 1.80. The van der Waals surface area contributed by atoms with Crippen LogP contribution in [0.3, 0.4) is 0 Å². The third-order valence-corrected chi connectivity index (χ3v) is 2.69. The molecule has 0 fully saturated rings. The molecule has 0 aliphatic carbocycles. The molecule has 0 radical (unpaired) electrons. The van der Waals surface area contributed by atoms with Gasteiger partial charge in [0, 0.05) is 23.1 Å². The largest absolute Gasteiger partial charge is 0.497 e. The van der Waals surface area contributed by atoms with E-state index in [4.69, 9.17) is 15.6 Å². The predicted octanol–water partition coefficient (Wildman–Crippen LogP) is 1.04. The summed E-state index contributed by atoms with van der Waals surface area (Å²) < 4.78 is 5.18. The van der Waals surface area contributed by atoms with Crippen LogP contribution >= 0.6 is 0 Å². The molecule has 4 heteroatoms. The summed E-state index contributed by atoms with van der Waals surface area (Å²) >= 11 is 0. The number of ether oxygens (including phenoxy) is 1. The van der Waals surface area contributed by atoms with E-state index >= 15 is 0 Å². The van der Waals surface area contributed by atoms with Crippen molar-refractivity contribution in [2.45, 2.75) is 12.5 Å². The lowest BCUT2D eigenvalue weighted by Crippen LogP contribution is -2.26. The number of aliphatic hydroxyl groups excluding tert-OH is 1. The summed E-state index contributed by atoms with van der Waals surface area (Å²) in [6, 6.07) is 5.65. The Kier molecular flexibility index (Phi) is 3.12. The van der Waals surface area contributed by atoms with Gasteiger partial charge in [-0.1, -0.05) is 0 Å². The third kappa shape index (κ3) is 2.03. The molecule has 16 heavy (non-hydrogen) atoms. The Morgan fingerprint density at radius 1 is 1.50 bits per heavy atom. The molecule has 2 aromatic rings. The number of methoxy groups -OCH3 is 1.